The highest BCUT2D eigenvalue weighted by Gasteiger charge is 2.12. The fourth-order valence-electron chi connectivity index (χ4n) is 4.39. The van der Waals surface area contributed by atoms with Crippen molar-refractivity contribution < 1.29 is 29.3 Å². The minimum absolute atomic E-state index is 0.151. The summed E-state index contributed by atoms with van der Waals surface area (Å²) in [5.74, 6) is 0.133. The average molecular weight is 617 g/mol. The summed E-state index contributed by atoms with van der Waals surface area (Å²) in [6, 6.07) is 0. The number of ether oxygens (including phenoxy) is 2. The lowest BCUT2D eigenvalue weighted by Crippen LogP contribution is -2.25. The van der Waals surface area contributed by atoms with Gasteiger partial charge in [0.05, 0.1) is 6.10 Å². The summed E-state index contributed by atoms with van der Waals surface area (Å²) in [6.07, 6.45) is 35.9. The van der Waals surface area contributed by atoms with Crippen molar-refractivity contribution in [2.75, 3.05) is 13.2 Å². The largest absolute Gasteiger partial charge is 0.463 e. The van der Waals surface area contributed by atoms with Crippen LogP contribution in [0.25, 0.3) is 0 Å². The lowest BCUT2D eigenvalue weighted by molar-refractivity contribution is -0.152. The van der Waals surface area contributed by atoms with Crippen LogP contribution in [0.4, 0.5) is 0 Å². The molecule has 1 unspecified atom stereocenters. The molecule has 0 aliphatic heterocycles. The van der Waals surface area contributed by atoms with Crippen molar-refractivity contribution in [2.24, 2.45) is 5.92 Å². The molecule has 0 saturated heterocycles. The van der Waals surface area contributed by atoms with Crippen molar-refractivity contribution in [3.05, 3.63) is 60.8 Å². The Morgan fingerprint density at radius 3 is 1.82 bits per heavy atom. The van der Waals surface area contributed by atoms with Gasteiger partial charge in [0.1, 0.15) is 19.3 Å². The lowest BCUT2D eigenvalue weighted by Gasteiger charge is -2.12. The maximum absolute atomic E-state index is 11.9. The van der Waals surface area contributed by atoms with Crippen LogP contribution < -0.4 is 0 Å². The number of allylic oxidation sites excluding steroid dienone is 8. The highest BCUT2D eigenvalue weighted by molar-refractivity contribution is 5.69. The fraction of sp³-hybridized carbons (Fsp3) is 0.684. The normalized spacial score (nSPS) is 13.8. The molecule has 0 amide bonds. The molecule has 0 spiro atoms. The summed E-state index contributed by atoms with van der Waals surface area (Å²) >= 11 is 0. The number of unbranched alkanes of at least 4 members (excludes halogenated alkanes) is 9. The maximum atomic E-state index is 11.9. The highest BCUT2D eigenvalue weighted by Crippen LogP contribution is 2.13. The molecule has 252 valence electrons. The van der Waals surface area contributed by atoms with E-state index < -0.39 is 12.2 Å². The second kappa shape index (κ2) is 32.0. The van der Waals surface area contributed by atoms with Gasteiger partial charge in [-0.05, 0) is 50.9 Å². The zero-order chi connectivity index (χ0) is 32.5. The van der Waals surface area contributed by atoms with Crippen LogP contribution in [0.5, 0.6) is 0 Å². The van der Waals surface area contributed by atoms with Gasteiger partial charge in [-0.2, -0.15) is 0 Å². The first-order valence-corrected chi connectivity index (χ1v) is 17.3. The van der Waals surface area contributed by atoms with Gasteiger partial charge in [-0.25, -0.2) is 0 Å². The van der Waals surface area contributed by atoms with E-state index in [0.29, 0.717) is 19.3 Å². The second-order valence-electron chi connectivity index (χ2n) is 11.9. The summed E-state index contributed by atoms with van der Waals surface area (Å²) in [4.78, 5) is 23.8. The van der Waals surface area contributed by atoms with Crippen molar-refractivity contribution in [2.45, 2.75) is 149 Å². The Morgan fingerprint density at radius 1 is 0.636 bits per heavy atom. The van der Waals surface area contributed by atoms with Crippen LogP contribution in [-0.2, 0) is 19.1 Å². The SMILES string of the molecule is CC/C=C\C/C=C\CC(O)/C=C/C=C\C/C=C\CCCC(=O)OC[C@@H](O)COC(=O)CCCCCCCCCCCC(C)C. The zero-order valence-corrected chi connectivity index (χ0v) is 28.2. The van der Waals surface area contributed by atoms with Crippen LogP contribution in [0.2, 0.25) is 0 Å². The van der Waals surface area contributed by atoms with Crippen molar-refractivity contribution >= 4 is 11.9 Å². The van der Waals surface area contributed by atoms with Gasteiger partial charge in [0, 0.05) is 12.8 Å². The first-order chi connectivity index (χ1) is 21.3. The zero-order valence-electron chi connectivity index (χ0n) is 28.2. The molecule has 0 aromatic rings. The van der Waals surface area contributed by atoms with Crippen LogP contribution in [0.3, 0.4) is 0 Å². The molecule has 2 atom stereocenters. The first kappa shape index (κ1) is 41.6. The number of aliphatic hydroxyl groups is 2. The van der Waals surface area contributed by atoms with Gasteiger partial charge in [0.2, 0.25) is 0 Å². The van der Waals surface area contributed by atoms with E-state index in [1.807, 2.05) is 36.5 Å². The predicted octanol–water partition coefficient (Wildman–Crippen LogP) is 9.27. The van der Waals surface area contributed by atoms with Gasteiger partial charge >= 0.3 is 11.9 Å². The summed E-state index contributed by atoms with van der Waals surface area (Å²) in [5.41, 5.74) is 0. The van der Waals surface area contributed by atoms with Gasteiger partial charge < -0.3 is 19.7 Å². The molecule has 6 nitrogen and oxygen atoms in total. The number of carbonyl (C=O) groups excluding carboxylic acids is 2. The van der Waals surface area contributed by atoms with Gasteiger partial charge in [-0.3, -0.25) is 9.59 Å². The van der Waals surface area contributed by atoms with E-state index in [9.17, 15) is 19.8 Å². The van der Waals surface area contributed by atoms with Crippen molar-refractivity contribution in [3.8, 4) is 0 Å². The Bertz CT molecular complexity index is 823. The van der Waals surface area contributed by atoms with Gasteiger partial charge in [0.15, 0.2) is 0 Å². The third kappa shape index (κ3) is 32.5. The number of hydrogen-bond donors (Lipinski definition) is 2. The monoisotopic (exact) mass is 616 g/mol. The Hall–Kier alpha value is -2.44. The van der Waals surface area contributed by atoms with Gasteiger partial charge in [-0.1, -0.05) is 139 Å². The molecule has 0 saturated carbocycles. The van der Waals surface area contributed by atoms with Crippen LogP contribution in [0, 0.1) is 5.92 Å². The van der Waals surface area contributed by atoms with Gasteiger partial charge in [-0.15, -0.1) is 0 Å². The van der Waals surface area contributed by atoms with Crippen LogP contribution in [-0.4, -0.2) is 47.6 Å². The minimum Gasteiger partial charge on any atom is -0.463 e. The fourth-order valence-corrected chi connectivity index (χ4v) is 4.39. The average Bonchev–Trinajstić information content (AvgIpc) is 3.00. The van der Waals surface area contributed by atoms with Gasteiger partial charge in [0.25, 0.3) is 0 Å². The number of hydrogen-bond acceptors (Lipinski definition) is 6. The lowest BCUT2D eigenvalue weighted by atomic mass is 10.0. The Labute approximate surface area is 269 Å². The quantitative estimate of drug-likeness (QED) is 0.0377. The van der Waals surface area contributed by atoms with Crippen LogP contribution in [0.15, 0.2) is 60.8 Å². The molecule has 0 rings (SSSR count). The number of carbonyl (C=O) groups is 2. The molecule has 0 fully saturated rings. The van der Waals surface area contributed by atoms with Crippen molar-refractivity contribution in [1.82, 2.24) is 0 Å². The van der Waals surface area contributed by atoms with Crippen molar-refractivity contribution in [3.63, 3.8) is 0 Å². The molecular formula is C38H64O6. The standard InChI is InChI=1S/C38H64O6/c1-4-5-6-7-18-23-28-35(39)29-24-19-14-11-12-16-21-26-31-38(42)44-33-36(40)32-43-37(41)30-25-20-15-10-8-9-13-17-22-27-34(2)3/h5-6,12,14,16,18-19,23-24,29,34-36,39-40H,4,7-11,13,15,17,20-22,25-28,30-33H2,1-3H3/b6-5-,16-12-,19-14-,23-18-,29-24+/t35?,36-/m0/s1. The molecule has 6 heteroatoms. The maximum Gasteiger partial charge on any atom is 0.305 e. The van der Waals surface area contributed by atoms with E-state index in [1.54, 1.807) is 6.08 Å². The van der Waals surface area contributed by atoms with E-state index >= 15 is 0 Å². The summed E-state index contributed by atoms with van der Waals surface area (Å²) in [7, 11) is 0. The van der Waals surface area contributed by atoms with E-state index in [2.05, 4.69) is 39.0 Å². The van der Waals surface area contributed by atoms with Crippen LogP contribution in [0.1, 0.15) is 136 Å². The summed E-state index contributed by atoms with van der Waals surface area (Å²) in [6.45, 7) is 6.35. The smallest absolute Gasteiger partial charge is 0.305 e. The molecule has 0 aromatic carbocycles. The highest BCUT2D eigenvalue weighted by atomic mass is 16.6. The van der Waals surface area contributed by atoms with Crippen molar-refractivity contribution in [1.29, 1.82) is 0 Å². The summed E-state index contributed by atoms with van der Waals surface area (Å²) < 4.78 is 10.2. The third-order valence-electron chi connectivity index (χ3n) is 7.03. The molecule has 0 heterocycles. The van der Waals surface area contributed by atoms with E-state index in [4.69, 9.17) is 9.47 Å². The topological polar surface area (TPSA) is 93.1 Å². The Balaban J connectivity index is 3.66. The van der Waals surface area contributed by atoms with E-state index in [0.717, 1.165) is 50.9 Å². The number of esters is 2. The minimum atomic E-state index is -1.00. The third-order valence-corrected chi connectivity index (χ3v) is 7.03. The van der Waals surface area contributed by atoms with E-state index in [1.165, 1.54) is 44.9 Å². The second-order valence-corrected chi connectivity index (χ2v) is 11.9. The number of aliphatic hydroxyl groups excluding tert-OH is 2. The molecule has 0 radical (unpaired) electrons. The predicted molar refractivity (Wildman–Crippen MR) is 183 cm³/mol. The molecule has 0 bridgehead atoms. The molecule has 2 N–H and O–H groups in total. The molecule has 0 aliphatic rings. The Morgan fingerprint density at radius 2 is 1.18 bits per heavy atom. The molecule has 44 heavy (non-hydrogen) atoms. The number of rotatable bonds is 29. The van der Waals surface area contributed by atoms with E-state index in [-0.39, 0.29) is 31.6 Å². The first-order valence-electron chi connectivity index (χ1n) is 17.3. The van der Waals surface area contributed by atoms with Crippen LogP contribution >= 0.6 is 0 Å². The molecular weight excluding hydrogens is 552 g/mol. The molecule has 0 aliphatic carbocycles. The summed E-state index contributed by atoms with van der Waals surface area (Å²) in [5, 5.41) is 19.9. The Kier molecular flexibility index (Phi) is 30.2. The molecule has 0 aromatic heterocycles.